The first-order chi connectivity index (χ1) is 7.08. The van der Waals surface area contributed by atoms with E-state index in [4.69, 9.17) is 0 Å². The van der Waals surface area contributed by atoms with Gasteiger partial charge in [0.15, 0.2) is 0 Å². The Kier molecular flexibility index (Phi) is 4.73. The molecule has 0 unspecified atom stereocenters. The average Bonchev–Trinajstić information content (AvgIpc) is 2.17. The minimum atomic E-state index is -0.380. The van der Waals surface area contributed by atoms with Gasteiger partial charge in [-0.2, -0.15) is 0 Å². The van der Waals surface area contributed by atoms with Crippen LogP contribution in [0.5, 0.6) is 0 Å². The van der Waals surface area contributed by atoms with Crippen LogP contribution in [0.2, 0.25) is 0 Å². The zero-order valence-electron chi connectivity index (χ0n) is 8.02. The lowest BCUT2D eigenvalue weighted by Gasteiger charge is -2.08. The second kappa shape index (κ2) is 5.61. The third-order valence-corrected chi connectivity index (χ3v) is 2.97. The van der Waals surface area contributed by atoms with Gasteiger partial charge in [0, 0.05) is 15.4 Å². The molecule has 82 valence electrons. The molecule has 2 nitrogen and oxygen atoms in total. The number of carbonyl (C=O) groups excluding carboxylic acids is 1. The standard InChI is InChI=1S/C10H9Br2FO2/c1-15-10(14)3-6-2-7(12)4-9(13)8(6)5-11/h2,4H,3,5H2,1H3. The van der Waals surface area contributed by atoms with Gasteiger partial charge in [-0.15, -0.1) is 0 Å². The van der Waals surface area contributed by atoms with Crippen LogP contribution >= 0.6 is 31.9 Å². The number of hydrogen-bond acceptors (Lipinski definition) is 2. The Morgan fingerprint density at radius 3 is 2.73 bits per heavy atom. The molecule has 1 aromatic rings. The van der Waals surface area contributed by atoms with Gasteiger partial charge in [0.25, 0.3) is 0 Å². The fraction of sp³-hybridized carbons (Fsp3) is 0.300. The summed E-state index contributed by atoms with van der Waals surface area (Å²) in [4.78, 5) is 11.1. The molecule has 0 N–H and O–H groups in total. The number of esters is 1. The molecule has 1 rings (SSSR count). The van der Waals surface area contributed by atoms with Crippen molar-refractivity contribution in [3.63, 3.8) is 0 Å². The van der Waals surface area contributed by atoms with Crippen LogP contribution in [0.4, 0.5) is 4.39 Å². The third-order valence-electron chi connectivity index (χ3n) is 1.95. The molecule has 0 saturated carbocycles. The molecule has 15 heavy (non-hydrogen) atoms. The van der Waals surface area contributed by atoms with Crippen molar-refractivity contribution in [2.24, 2.45) is 0 Å². The van der Waals surface area contributed by atoms with E-state index >= 15 is 0 Å². The van der Waals surface area contributed by atoms with Crippen molar-refractivity contribution in [3.05, 3.63) is 33.5 Å². The maximum atomic E-state index is 13.5. The first-order valence-corrected chi connectivity index (χ1v) is 6.09. The fourth-order valence-corrected chi connectivity index (χ4v) is 2.30. The second-order valence-electron chi connectivity index (χ2n) is 2.91. The first kappa shape index (κ1) is 12.6. The Morgan fingerprint density at radius 1 is 1.53 bits per heavy atom. The van der Waals surface area contributed by atoms with E-state index in [0.717, 1.165) is 0 Å². The topological polar surface area (TPSA) is 26.3 Å². The molecule has 0 aromatic heterocycles. The van der Waals surface area contributed by atoms with E-state index in [-0.39, 0.29) is 18.2 Å². The fourth-order valence-electron chi connectivity index (χ4n) is 1.19. The lowest BCUT2D eigenvalue weighted by molar-refractivity contribution is -0.139. The molecule has 0 aliphatic heterocycles. The molecule has 0 bridgehead atoms. The highest BCUT2D eigenvalue weighted by molar-refractivity contribution is 9.10. The maximum Gasteiger partial charge on any atom is 0.309 e. The first-order valence-electron chi connectivity index (χ1n) is 4.18. The van der Waals surface area contributed by atoms with E-state index < -0.39 is 0 Å². The smallest absolute Gasteiger partial charge is 0.309 e. The summed E-state index contributed by atoms with van der Waals surface area (Å²) in [6.45, 7) is 0. The Hall–Kier alpha value is -0.420. The number of benzene rings is 1. The van der Waals surface area contributed by atoms with Crippen LogP contribution in [0.1, 0.15) is 11.1 Å². The zero-order valence-corrected chi connectivity index (χ0v) is 11.2. The van der Waals surface area contributed by atoms with Crippen LogP contribution in [0.25, 0.3) is 0 Å². The van der Waals surface area contributed by atoms with Gasteiger partial charge in [-0.25, -0.2) is 4.39 Å². The summed E-state index contributed by atoms with van der Waals surface area (Å²) < 4.78 is 18.6. The van der Waals surface area contributed by atoms with Crippen LogP contribution in [-0.4, -0.2) is 13.1 Å². The lowest BCUT2D eigenvalue weighted by atomic mass is 10.1. The summed E-state index contributed by atoms with van der Waals surface area (Å²) >= 11 is 6.37. The van der Waals surface area contributed by atoms with E-state index in [1.165, 1.54) is 13.2 Å². The number of carbonyl (C=O) groups is 1. The van der Waals surface area contributed by atoms with Gasteiger partial charge in [0.2, 0.25) is 0 Å². The van der Waals surface area contributed by atoms with Crippen LogP contribution in [0, 0.1) is 5.82 Å². The molecule has 0 aliphatic rings. The molecule has 0 radical (unpaired) electrons. The lowest BCUT2D eigenvalue weighted by Crippen LogP contribution is -2.07. The molecule has 0 fully saturated rings. The van der Waals surface area contributed by atoms with Crippen LogP contribution in [-0.2, 0) is 21.3 Å². The average molecular weight is 340 g/mol. The van der Waals surface area contributed by atoms with Gasteiger partial charge in [0.05, 0.1) is 13.5 Å². The van der Waals surface area contributed by atoms with Gasteiger partial charge >= 0.3 is 5.97 Å². The zero-order chi connectivity index (χ0) is 11.4. The minimum Gasteiger partial charge on any atom is -0.469 e. The molecule has 0 amide bonds. The molecular weight excluding hydrogens is 331 g/mol. The quantitative estimate of drug-likeness (QED) is 0.624. The SMILES string of the molecule is COC(=O)Cc1cc(Br)cc(F)c1CBr. The maximum absolute atomic E-state index is 13.5. The Balaban J connectivity index is 3.09. The summed E-state index contributed by atoms with van der Waals surface area (Å²) in [5, 5.41) is 0.373. The van der Waals surface area contributed by atoms with Crippen LogP contribution in [0.15, 0.2) is 16.6 Å². The number of methoxy groups -OCH3 is 1. The third kappa shape index (κ3) is 3.28. The predicted octanol–water partition coefficient (Wildman–Crippen LogP) is 3.20. The number of alkyl halides is 1. The van der Waals surface area contributed by atoms with Crippen molar-refractivity contribution >= 4 is 37.8 Å². The van der Waals surface area contributed by atoms with E-state index in [9.17, 15) is 9.18 Å². The Morgan fingerprint density at radius 2 is 2.20 bits per heavy atom. The molecule has 0 spiro atoms. The van der Waals surface area contributed by atoms with E-state index in [1.807, 2.05) is 0 Å². The monoisotopic (exact) mass is 338 g/mol. The summed E-state index contributed by atoms with van der Waals surface area (Å²) in [6, 6.07) is 3.09. The highest BCUT2D eigenvalue weighted by Crippen LogP contribution is 2.23. The predicted molar refractivity (Wildman–Crippen MR) is 62.5 cm³/mol. The van der Waals surface area contributed by atoms with Gasteiger partial charge in [-0.3, -0.25) is 4.79 Å². The van der Waals surface area contributed by atoms with Gasteiger partial charge in [0.1, 0.15) is 5.82 Å². The van der Waals surface area contributed by atoms with E-state index in [0.29, 0.717) is 20.9 Å². The van der Waals surface area contributed by atoms with Gasteiger partial charge in [-0.05, 0) is 17.7 Å². The van der Waals surface area contributed by atoms with Crippen molar-refractivity contribution in [1.82, 2.24) is 0 Å². The molecule has 0 aliphatic carbocycles. The highest BCUT2D eigenvalue weighted by Gasteiger charge is 2.12. The minimum absolute atomic E-state index is 0.0772. The summed E-state index contributed by atoms with van der Waals surface area (Å²) in [7, 11) is 1.31. The highest BCUT2D eigenvalue weighted by atomic mass is 79.9. The number of hydrogen-bond donors (Lipinski definition) is 0. The summed E-state index contributed by atoms with van der Waals surface area (Å²) in [5.41, 5.74) is 1.12. The Labute approximate surface area is 104 Å². The molecule has 0 saturated heterocycles. The van der Waals surface area contributed by atoms with Crippen molar-refractivity contribution in [1.29, 1.82) is 0 Å². The van der Waals surface area contributed by atoms with Crippen molar-refractivity contribution in [3.8, 4) is 0 Å². The van der Waals surface area contributed by atoms with Gasteiger partial charge in [-0.1, -0.05) is 31.9 Å². The van der Waals surface area contributed by atoms with Crippen LogP contribution < -0.4 is 0 Å². The number of rotatable bonds is 3. The van der Waals surface area contributed by atoms with E-state index in [2.05, 4.69) is 36.6 Å². The molecular formula is C10H9Br2FO2. The summed E-state index contributed by atoms with van der Waals surface area (Å²) in [5.74, 6) is -0.713. The van der Waals surface area contributed by atoms with Crippen molar-refractivity contribution in [2.45, 2.75) is 11.8 Å². The van der Waals surface area contributed by atoms with E-state index in [1.54, 1.807) is 6.07 Å². The molecule has 0 heterocycles. The summed E-state index contributed by atoms with van der Waals surface area (Å²) in [6.07, 6.45) is 0.0772. The molecule has 0 atom stereocenters. The molecule has 1 aromatic carbocycles. The molecule has 5 heteroatoms. The van der Waals surface area contributed by atoms with Gasteiger partial charge < -0.3 is 4.74 Å². The number of ether oxygens (including phenoxy) is 1. The van der Waals surface area contributed by atoms with Crippen molar-refractivity contribution in [2.75, 3.05) is 7.11 Å². The number of halogens is 3. The Bertz CT molecular complexity index is 380. The van der Waals surface area contributed by atoms with Crippen LogP contribution in [0.3, 0.4) is 0 Å². The normalized spacial score (nSPS) is 10.1. The largest absolute Gasteiger partial charge is 0.469 e. The second-order valence-corrected chi connectivity index (χ2v) is 4.39. The van der Waals surface area contributed by atoms with Crippen molar-refractivity contribution < 1.29 is 13.9 Å².